The van der Waals surface area contributed by atoms with Crippen LogP contribution in [0.25, 0.3) is 0 Å². The van der Waals surface area contributed by atoms with Gasteiger partial charge in [0.25, 0.3) is 0 Å². The van der Waals surface area contributed by atoms with E-state index in [2.05, 4.69) is 20.9 Å². The second-order valence-electron chi connectivity index (χ2n) is 5.95. The first kappa shape index (κ1) is 17.3. The maximum Gasteiger partial charge on any atom is 0.421 e. The molecule has 0 aliphatic carbocycles. The number of azo groups is 1. The highest BCUT2D eigenvalue weighted by molar-refractivity contribution is 5.88. The average Bonchev–Trinajstić information content (AvgIpc) is 2.94. The summed E-state index contributed by atoms with van der Waals surface area (Å²) in [5.41, 5.74) is 3.43. The third-order valence-electron chi connectivity index (χ3n) is 3.76. The second kappa shape index (κ2) is 7.60. The molecule has 0 fully saturated rings. The number of carbonyl (C=O) groups is 1. The molecule has 1 aromatic heterocycles. The summed E-state index contributed by atoms with van der Waals surface area (Å²) in [6.07, 6.45) is 3.86. The predicted molar refractivity (Wildman–Crippen MR) is 101 cm³/mol. The highest BCUT2D eigenvalue weighted by Gasteiger charge is 2.10. The van der Waals surface area contributed by atoms with E-state index in [1.54, 1.807) is 0 Å². The van der Waals surface area contributed by atoms with Crippen LogP contribution in [0.2, 0.25) is 0 Å². The van der Waals surface area contributed by atoms with Crippen molar-refractivity contribution in [1.29, 1.82) is 0 Å². The molecule has 3 rings (SSSR count). The molecule has 0 unspecified atom stereocenters. The van der Waals surface area contributed by atoms with E-state index >= 15 is 0 Å². The zero-order valence-corrected chi connectivity index (χ0v) is 15.0. The van der Waals surface area contributed by atoms with Crippen LogP contribution < -0.4 is 15.2 Å². The highest BCUT2D eigenvalue weighted by atomic mass is 16.1. The molecule has 0 aliphatic heterocycles. The highest BCUT2D eigenvalue weighted by Crippen LogP contribution is 2.22. The van der Waals surface area contributed by atoms with Crippen molar-refractivity contribution in [1.82, 2.24) is 4.57 Å². The van der Waals surface area contributed by atoms with Crippen LogP contribution in [0.15, 0.2) is 71.2 Å². The summed E-state index contributed by atoms with van der Waals surface area (Å²) in [5, 5.41) is 14.6. The van der Waals surface area contributed by atoms with E-state index in [9.17, 15) is 4.79 Å². The topological polar surface area (TPSA) is 74.7 Å². The second-order valence-corrected chi connectivity index (χ2v) is 5.95. The van der Waals surface area contributed by atoms with Crippen LogP contribution in [0.4, 0.5) is 28.7 Å². The lowest BCUT2D eigenvalue weighted by Crippen LogP contribution is -2.25. The van der Waals surface area contributed by atoms with Gasteiger partial charge in [-0.05, 0) is 48.5 Å². The Hall–Kier alpha value is -3.48. The van der Waals surface area contributed by atoms with Gasteiger partial charge in [0.05, 0.1) is 26.5 Å². The molecule has 0 radical (unpaired) electrons. The molecule has 2 aromatic carbocycles. The minimum absolute atomic E-state index is 0.0839. The number of nitrogens with one attached hydrogen (secondary N) is 2. The molecule has 132 valence electrons. The third-order valence-corrected chi connectivity index (χ3v) is 3.76. The van der Waals surface area contributed by atoms with Crippen LogP contribution in [0.5, 0.6) is 0 Å². The number of hydrogen-bond acceptors (Lipinski definition) is 4. The summed E-state index contributed by atoms with van der Waals surface area (Å²) in [6, 6.07) is 15.2. The van der Waals surface area contributed by atoms with Gasteiger partial charge in [-0.15, -0.1) is 0 Å². The largest absolute Gasteiger partial charge is 0.421 e. The van der Waals surface area contributed by atoms with Crippen LogP contribution >= 0.6 is 0 Å². The van der Waals surface area contributed by atoms with E-state index in [-0.39, 0.29) is 5.91 Å². The van der Waals surface area contributed by atoms with Crippen LogP contribution in [-0.2, 0) is 18.9 Å². The van der Waals surface area contributed by atoms with E-state index in [0.29, 0.717) is 0 Å². The van der Waals surface area contributed by atoms with Gasteiger partial charge in [-0.2, -0.15) is 0 Å². The van der Waals surface area contributed by atoms with E-state index in [4.69, 9.17) is 0 Å². The minimum atomic E-state index is -0.0839. The van der Waals surface area contributed by atoms with Gasteiger partial charge in [0, 0.05) is 29.1 Å². The Kier molecular flexibility index (Phi) is 5.07. The quantitative estimate of drug-likeness (QED) is 0.540. The summed E-state index contributed by atoms with van der Waals surface area (Å²) in [4.78, 5) is 11.0. The molecular formula is C19H21N6O+. The Morgan fingerprint density at radius 3 is 2.08 bits per heavy atom. The zero-order valence-electron chi connectivity index (χ0n) is 15.0. The van der Waals surface area contributed by atoms with Crippen molar-refractivity contribution in [3.05, 3.63) is 60.9 Å². The lowest BCUT2D eigenvalue weighted by Gasteiger charge is -2.08. The lowest BCUT2D eigenvalue weighted by molar-refractivity contribution is -0.657. The number of amides is 1. The van der Waals surface area contributed by atoms with E-state index in [1.165, 1.54) is 6.92 Å². The Labute approximate surface area is 152 Å². The molecule has 26 heavy (non-hydrogen) atoms. The molecule has 7 heteroatoms. The number of anilines is 3. The molecule has 7 nitrogen and oxygen atoms in total. The van der Waals surface area contributed by atoms with Gasteiger partial charge in [-0.3, -0.25) is 4.79 Å². The predicted octanol–water partition coefficient (Wildman–Crippen LogP) is 3.97. The fourth-order valence-corrected chi connectivity index (χ4v) is 2.44. The Morgan fingerprint density at radius 1 is 0.962 bits per heavy atom. The maximum atomic E-state index is 11.0. The number of nitrogens with zero attached hydrogens (tertiary/aromatic N) is 4. The van der Waals surface area contributed by atoms with E-state index < -0.39 is 0 Å². The van der Waals surface area contributed by atoms with E-state index in [0.717, 1.165) is 28.7 Å². The molecule has 0 bridgehead atoms. The Bertz CT molecular complexity index is 906. The van der Waals surface area contributed by atoms with Crippen molar-refractivity contribution in [3.8, 4) is 0 Å². The number of rotatable bonds is 5. The molecule has 0 saturated heterocycles. The van der Waals surface area contributed by atoms with Gasteiger partial charge in [0.1, 0.15) is 5.69 Å². The fraction of sp³-hybridized carbons (Fsp3) is 0.158. The molecule has 3 aromatic rings. The maximum absolute atomic E-state index is 11.0. The van der Waals surface area contributed by atoms with Gasteiger partial charge in [0.2, 0.25) is 5.91 Å². The third kappa shape index (κ3) is 4.32. The smallest absolute Gasteiger partial charge is 0.356 e. The molecule has 0 aliphatic rings. The molecular weight excluding hydrogens is 328 g/mol. The zero-order chi connectivity index (χ0) is 18.5. The minimum Gasteiger partial charge on any atom is -0.356 e. The van der Waals surface area contributed by atoms with Crippen LogP contribution in [0, 0.1) is 0 Å². The molecule has 0 saturated carbocycles. The van der Waals surface area contributed by atoms with Gasteiger partial charge in [-0.25, -0.2) is 9.13 Å². The normalized spacial score (nSPS) is 10.9. The monoisotopic (exact) mass is 349 g/mol. The molecule has 0 atom stereocenters. The van der Waals surface area contributed by atoms with Gasteiger partial charge < -0.3 is 10.6 Å². The van der Waals surface area contributed by atoms with Crippen LogP contribution in [-0.4, -0.2) is 10.5 Å². The van der Waals surface area contributed by atoms with Crippen LogP contribution in [0.3, 0.4) is 0 Å². The first-order chi connectivity index (χ1) is 12.5. The standard InChI is InChI=1S/C19H20N6O/c1-14(26)20-15-4-6-16(7-5-15)21-17-8-10-18(11-9-17)22-23-19-24(2)12-13-25(19)3/h4-13H,1-3H3,(H,20,22,26)/p+1. The summed E-state index contributed by atoms with van der Waals surface area (Å²) in [5.74, 6) is 0.686. The van der Waals surface area contributed by atoms with Gasteiger partial charge >= 0.3 is 5.95 Å². The lowest BCUT2D eigenvalue weighted by atomic mass is 10.2. The molecule has 1 amide bonds. The van der Waals surface area contributed by atoms with Crippen LogP contribution in [0.1, 0.15) is 6.92 Å². The number of benzene rings is 2. The number of imidazole rings is 1. The molecule has 2 N–H and O–H groups in total. The van der Waals surface area contributed by atoms with Crippen molar-refractivity contribution in [2.45, 2.75) is 6.92 Å². The average molecular weight is 349 g/mol. The van der Waals surface area contributed by atoms with Crippen molar-refractivity contribution < 1.29 is 9.36 Å². The summed E-state index contributed by atoms with van der Waals surface area (Å²) in [7, 11) is 3.86. The SMILES string of the molecule is CC(=O)Nc1ccc(Nc2ccc(/N=N/c3n(C)cc[n+]3C)cc2)cc1. The molecule has 0 spiro atoms. The number of carbonyl (C=O) groups excluding carboxylic acids is 1. The van der Waals surface area contributed by atoms with Crippen molar-refractivity contribution in [2.24, 2.45) is 24.3 Å². The summed E-state index contributed by atoms with van der Waals surface area (Å²) < 4.78 is 3.81. The van der Waals surface area contributed by atoms with E-state index in [1.807, 2.05) is 84.2 Å². The first-order valence-corrected chi connectivity index (χ1v) is 8.19. The molecule has 1 heterocycles. The number of aromatic nitrogens is 2. The summed E-state index contributed by atoms with van der Waals surface area (Å²) >= 11 is 0. The van der Waals surface area contributed by atoms with Crippen molar-refractivity contribution in [2.75, 3.05) is 10.6 Å². The number of aryl methyl sites for hydroxylation is 2. The van der Waals surface area contributed by atoms with Gasteiger partial charge in [0.15, 0.2) is 0 Å². The van der Waals surface area contributed by atoms with Crippen molar-refractivity contribution in [3.63, 3.8) is 0 Å². The number of hydrogen-bond donors (Lipinski definition) is 2. The Morgan fingerprint density at radius 2 is 1.54 bits per heavy atom. The Balaban J connectivity index is 1.65. The van der Waals surface area contributed by atoms with Crippen molar-refractivity contribution >= 4 is 34.6 Å². The first-order valence-electron chi connectivity index (χ1n) is 8.19. The summed E-state index contributed by atoms with van der Waals surface area (Å²) in [6.45, 7) is 1.49. The fourth-order valence-electron chi connectivity index (χ4n) is 2.44. The van der Waals surface area contributed by atoms with Gasteiger partial charge in [-0.1, -0.05) is 5.11 Å².